The van der Waals surface area contributed by atoms with Gasteiger partial charge in [-0.1, -0.05) is 34.8 Å². The van der Waals surface area contributed by atoms with E-state index in [-0.39, 0.29) is 21.4 Å². The van der Waals surface area contributed by atoms with Gasteiger partial charge >= 0.3 is 5.97 Å². The van der Waals surface area contributed by atoms with Gasteiger partial charge in [-0.2, -0.15) is 5.10 Å². The molecule has 3 rings (SSSR count). The first-order valence-corrected chi connectivity index (χ1v) is 7.66. The van der Waals surface area contributed by atoms with Crippen LogP contribution in [0.4, 0.5) is 0 Å². The van der Waals surface area contributed by atoms with E-state index in [1.807, 2.05) is 6.92 Å². The molecule has 0 spiro atoms. The van der Waals surface area contributed by atoms with Gasteiger partial charge in [0.25, 0.3) is 0 Å². The second-order valence-electron chi connectivity index (χ2n) is 4.89. The number of esters is 1. The van der Waals surface area contributed by atoms with Gasteiger partial charge in [-0.05, 0) is 25.1 Å². The van der Waals surface area contributed by atoms with Crippen molar-refractivity contribution < 1.29 is 9.53 Å². The van der Waals surface area contributed by atoms with Gasteiger partial charge in [0, 0.05) is 23.7 Å². The van der Waals surface area contributed by atoms with E-state index < -0.39 is 5.97 Å². The van der Waals surface area contributed by atoms with Crippen LogP contribution in [0.15, 0.2) is 24.4 Å². The van der Waals surface area contributed by atoms with Gasteiger partial charge < -0.3 is 4.74 Å². The molecule has 3 aromatic rings. The highest BCUT2D eigenvalue weighted by molar-refractivity contribution is 6.40. The predicted octanol–water partition coefficient (Wildman–Crippen LogP) is 4.46. The molecule has 0 bridgehead atoms. The third kappa shape index (κ3) is 3.00. The van der Waals surface area contributed by atoms with E-state index in [9.17, 15) is 4.79 Å². The lowest BCUT2D eigenvalue weighted by molar-refractivity contribution is 0.0734. The molecule has 0 radical (unpaired) electrons. The minimum atomic E-state index is -0.617. The van der Waals surface area contributed by atoms with E-state index in [4.69, 9.17) is 39.5 Å². The Hall–Kier alpha value is -1.82. The molecule has 2 heterocycles. The van der Waals surface area contributed by atoms with Crippen molar-refractivity contribution in [3.8, 4) is 5.75 Å². The smallest absolute Gasteiger partial charge is 0.345 e. The summed E-state index contributed by atoms with van der Waals surface area (Å²) in [7, 11) is 1.79. The fraction of sp³-hybridized carbons (Fsp3) is 0.133. The average molecular weight is 371 g/mol. The minimum Gasteiger partial charge on any atom is -0.420 e. The maximum absolute atomic E-state index is 12.3. The lowest BCUT2D eigenvalue weighted by Gasteiger charge is -2.08. The van der Waals surface area contributed by atoms with Gasteiger partial charge in [0.15, 0.2) is 11.4 Å². The third-order valence-electron chi connectivity index (χ3n) is 3.26. The van der Waals surface area contributed by atoms with E-state index in [1.54, 1.807) is 17.8 Å². The van der Waals surface area contributed by atoms with Crippen molar-refractivity contribution in [1.82, 2.24) is 14.8 Å². The fourth-order valence-electron chi connectivity index (χ4n) is 2.20. The highest BCUT2D eigenvalue weighted by Crippen LogP contribution is 2.36. The molecule has 118 valence electrons. The Balaban J connectivity index is 1.97. The Kier molecular flexibility index (Phi) is 4.19. The molecule has 5 nitrogen and oxygen atoms in total. The van der Waals surface area contributed by atoms with Gasteiger partial charge in [-0.3, -0.25) is 4.68 Å². The number of nitrogens with zero attached hydrogens (tertiary/aromatic N) is 3. The number of carbonyl (C=O) groups is 1. The Labute approximate surface area is 146 Å². The molecule has 0 aliphatic heterocycles. The topological polar surface area (TPSA) is 57.0 Å². The molecule has 0 N–H and O–H groups in total. The Morgan fingerprint density at radius 1 is 1.17 bits per heavy atom. The first-order chi connectivity index (χ1) is 10.9. The van der Waals surface area contributed by atoms with Gasteiger partial charge in [0.2, 0.25) is 0 Å². The summed E-state index contributed by atoms with van der Waals surface area (Å²) in [5.74, 6) is -0.556. The third-order valence-corrected chi connectivity index (χ3v) is 4.04. The van der Waals surface area contributed by atoms with Crippen LogP contribution in [0, 0.1) is 6.92 Å². The number of rotatable bonds is 2. The zero-order chi connectivity index (χ0) is 16.7. The lowest BCUT2D eigenvalue weighted by atomic mass is 10.2. The fourth-order valence-corrected chi connectivity index (χ4v) is 3.09. The molecule has 0 fully saturated rings. The molecular formula is C15H10Cl3N3O2. The van der Waals surface area contributed by atoms with Crippen LogP contribution < -0.4 is 4.74 Å². The number of hydrogen-bond donors (Lipinski definition) is 0. The molecule has 0 amide bonds. The van der Waals surface area contributed by atoms with E-state index in [0.29, 0.717) is 10.7 Å². The summed E-state index contributed by atoms with van der Waals surface area (Å²) in [5, 5.41) is 5.70. The predicted molar refractivity (Wildman–Crippen MR) is 89.7 cm³/mol. The number of benzene rings is 1. The second-order valence-corrected chi connectivity index (χ2v) is 6.14. The van der Waals surface area contributed by atoms with Crippen LogP contribution in [0.2, 0.25) is 15.1 Å². The summed E-state index contributed by atoms with van der Waals surface area (Å²) in [5.41, 5.74) is 1.73. The van der Waals surface area contributed by atoms with Crippen LogP contribution in [-0.4, -0.2) is 20.7 Å². The number of carbonyl (C=O) groups excluding carboxylic acids is 1. The van der Waals surface area contributed by atoms with Crippen LogP contribution in [0.3, 0.4) is 0 Å². The molecule has 1 aromatic carbocycles. The molecular weight excluding hydrogens is 361 g/mol. The Bertz CT molecular complexity index is 914. The van der Waals surface area contributed by atoms with Crippen LogP contribution in [0.5, 0.6) is 5.75 Å². The van der Waals surface area contributed by atoms with E-state index >= 15 is 0 Å². The number of aromatic nitrogens is 3. The van der Waals surface area contributed by atoms with Crippen molar-refractivity contribution in [3.63, 3.8) is 0 Å². The molecule has 0 unspecified atom stereocenters. The standard InChI is InChI=1S/C15H10Cl3N3O2/c1-7-10-3-8(6-19-14(10)21(2)20-7)15(22)23-13-11(17)4-9(16)5-12(13)18/h3-6H,1-2H3. The van der Waals surface area contributed by atoms with Gasteiger partial charge in [0.05, 0.1) is 21.3 Å². The summed E-state index contributed by atoms with van der Waals surface area (Å²) < 4.78 is 6.93. The van der Waals surface area contributed by atoms with Crippen molar-refractivity contribution in [2.45, 2.75) is 6.92 Å². The number of hydrogen-bond acceptors (Lipinski definition) is 4. The van der Waals surface area contributed by atoms with Crippen LogP contribution in [0.25, 0.3) is 11.0 Å². The van der Waals surface area contributed by atoms with E-state index in [1.165, 1.54) is 18.3 Å². The minimum absolute atomic E-state index is 0.0609. The summed E-state index contributed by atoms with van der Waals surface area (Å²) in [6.45, 7) is 1.84. The molecule has 23 heavy (non-hydrogen) atoms. The zero-order valence-electron chi connectivity index (χ0n) is 12.1. The summed E-state index contributed by atoms with van der Waals surface area (Å²) in [6.07, 6.45) is 1.42. The van der Waals surface area contributed by atoms with Crippen molar-refractivity contribution >= 4 is 51.8 Å². The van der Waals surface area contributed by atoms with Crippen molar-refractivity contribution in [2.75, 3.05) is 0 Å². The lowest BCUT2D eigenvalue weighted by Crippen LogP contribution is -2.09. The summed E-state index contributed by atoms with van der Waals surface area (Å²) in [4.78, 5) is 16.6. The molecule has 0 saturated heterocycles. The number of pyridine rings is 1. The summed E-state index contributed by atoms with van der Waals surface area (Å²) in [6, 6.07) is 4.57. The average Bonchev–Trinajstić information content (AvgIpc) is 2.77. The van der Waals surface area contributed by atoms with Crippen molar-refractivity contribution in [1.29, 1.82) is 0 Å². The highest BCUT2D eigenvalue weighted by Gasteiger charge is 2.17. The van der Waals surface area contributed by atoms with Gasteiger partial charge in [-0.25, -0.2) is 9.78 Å². The molecule has 8 heteroatoms. The number of halogens is 3. The van der Waals surface area contributed by atoms with Crippen molar-refractivity contribution in [2.24, 2.45) is 7.05 Å². The normalized spacial score (nSPS) is 11.0. The maximum atomic E-state index is 12.3. The van der Waals surface area contributed by atoms with Crippen LogP contribution >= 0.6 is 34.8 Å². The molecule has 0 aliphatic carbocycles. The van der Waals surface area contributed by atoms with Crippen LogP contribution in [-0.2, 0) is 7.05 Å². The first kappa shape index (κ1) is 16.1. The quantitative estimate of drug-likeness (QED) is 0.494. The SMILES string of the molecule is Cc1nn(C)c2ncc(C(=O)Oc3c(Cl)cc(Cl)cc3Cl)cc12. The molecule has 0 saturated carbocycles. The molecule has 0 atom stereocenters. The summed E-state index contributed by atoms with van der Waals surface area (Å²) >= 11 is 17.9. The van der Waals surface area contributed by atoms with Crippen LogP contribution in [0.1, 0.15) is 16.1 Å². The van der Waals surface area contributed by atoms with E-state index in [2.05, 4.69) is 10.1 Å². The monoisotopic (exact) mass is 369 g/mol. The number of aryl methyl sites for hydroxylation is 2. The first-order valence-electron chi connectivity index (χ1n) is 6.53. The number of fused-ring (bicyclic) bond motifs is 1. The Morgan fingerprint density at radius 2 is 1.83 bits per heavy atom. The molecule has 2 aromatic heterocycles. The van der Waals surface area contributed by atoms with Gasteiger partial charge in [-0.15, -0.1) is 0 Å². The van der Waals surface area contributed by atoms with E-state index in [0.717, 1.165) is 11.1 Å². The largest absolute Gasteiger partial charge is 0.420 e. The van der Waals surface area contributed by atoms with Gasteiger partial charge in [0.1, 0.15) is 0 Å². The highest BCUT2D eigenvalue weighted by atomic mass is 35.5. The second kappa shape index (κ2) is 6.00. The maximum Gasteiger partial charge on any atom is 0.345 e. The zero-order valence-corrected chi connectivity index (χ0v) is 14.4. The molecule has 0 aliphatic rings. The Morgan fingerprint density at radius 3 is 2.48 bits per heavy atom. The number of ether oxygens (including phenoxy) is 1. The van der Waals surface area contributed by atoms with Crippen molar-refractivity contribution in [3.05, 3.63) is 50.7 Å².